The summed E-state index contributed by atoms with van der Waals surface area (Å²) in [4.78, 5) is 38.5. The lowest BCUT2D eigenvalue weighted by Crippen LogP contribution is -2.30. The molecule has 0 aromatic heterocycles. The number of esters is 3. The van der Waals surface area contributed by atoms with E-state index < -0.39 is 6.10 Å². The third-order valence-corrected chi connectivity index (χ3v) is 17.8. The molecule has 0 bridgehead atoms. The molecule has 6 heteroatoms. The third kappa shape index (κ3) is 70.8. The van der Waals surface area contributed by atoms with E-state index in [0.29, 0.717) is 19.3 Å². The average molecular weight is 1170 g/mol. The maximum atomic E-state index is 13.0. The topological polar surface area (TPSA) is 78.9 Å². The van der Waals surface area contributed by atoms with Crippen molar-refractivity contribution in [1.29, 1.82) is 0 Å². The quantitative estimate of drug-likeness (QED) is 0.0261. The summed E-state index contributed by atoms with van der Waals surface area (Å²) in [6.07, 6.45) is 88.5. The number of hydrogen-bond acceptors (Lipinski definition) is 6. The van der Waals surface area contributed by atoms with Crippen molar-refractivity contribution < 1.29 is 28.6 Å². The highest BCUT2D eigenvalue weighted by Crippen LogP contribution is 2.20. The highest BCUT2D eigenvalue weighted by Gasteiger charge is 2.20. The molecule has 83 heavy (non-hydrogen) atoms. The van der Waals surface area contributed by atoms with Crippen molar-refractivity contribution in [3.05, 3.63) is 12.2 Å². The molecule has 0 fully saturated rings. The van der Waals surface area contributed by atoms with Gasteiger partial charge in [0.1, 0.15) is 13.2 Å². The van der Waals surface area contributed by atoms with Gasteiger partial charge in [0, 0.05) is 19.3 Å². The Kier molecular flexibility index (Phi) is 71.0. The van der Waals surface area contributed by atoms with Crippen molar-refractivity contribution >= 4 is 17.9 Å². The van der Waals surface area contributed by atoms with Gasteiger partial charge in [-0.3, -0.25) is 14.4 Å². The van der Waals surface area contributed by atoms with Crippen LogP contribution in [-0.4, -0.2) is 37.2 Å². The number of unbranched alkanes of at least 4 members (excludes halogenated alkanes) is 59. The van der Waals surface area contributed by atoms with Gasteiger partial charge in [-0.2, -0.15) is 0 Å². The molecule has 0 heterocycles. The summed E-state index contributed by atoms with van der Waals surface area (Å²) in [7, 11) is 0. The monoisotopic (exact) mass is 1170 g/mol. The van der Waals surface area contributed by atoms with E-state index in [4.69, 9.17) is 14.2 Å². The Morgan fingerprint density at radius 2 is 0.398 bits per heavy atom. The Balaban J connectivity index is 4.12. The van der Waals surface area contributed by atoms with Crippen molar-refractivity contribution in [3.8, 4) is 0 Å². The van der Waals surface area contributed by atoms with Crippen molar-refractivity contribution in [3.63, 3.8) is 0 Å². The normalized spacial score (nSPS) is 12.0. The summed E-state index contributed by atoms with van der Waals surface area (Å²) in [6, 6.07) is 0. The fraction of sp³-hybridized carbons (Fsp3) is 0.935. The average Bonchev–Trinajstić information content (AvgIpc) is 3.49. The molecule has 0 N–H and O–H groups in total. The first-order chi connectivity index (χ1) is 41.0. The second-order valence-corrected chi connectivity index (χ2v) is 26.3. The molecule has 0 rings (SSSR count). The second kappa shape index (κ2) is 72.6. The van der Waals surface area contributed by atoms with E-state index in [0.717, 1.165) is 64.2 Å². The highest BCUT2D eigenvalue weighted by atomic mass is 16.6. The van der Waals surface area contributed by atoms with Crippen LogP contribution < -0.4 is 0 Å². The van der Waals surface area contributed by atoms with Crippen molar-refractivity contribution in [2.45, 2.75) is 451 Å². The number of hydrogen-bond donors (Lipinski definition) is 0. The molecule has 0 aromatic rings. The van der Waals surface area contributed by atoms with Crippen LogP contribution in [0.5, 0.6) is 0 Å². The van der Waals surface area contributed by atoms with Crippen LogP contribution in [0.15, 0.2) is 12.2 Å². The predicted molar refractivity (Wildman–Crippen MR) is 363 cm³/mol. The molecule has 0 aliphatic carbocycles. The predicted octanol–water partition coefficient (Wildman–Crippen LogP) is 26.3. The Labute approximate surface area is 520 Å². The molecule has 492 valence electrons. The zero-order chi connectivity index (χ0) is 59.9. The van der Waals surface area contributed by atoms with Gasteiger partial charge >= 0.3 is 17.9 Å². The Hall–Kier alpha value is -1.85. The zero-order valence-corrected chi connectivity index (χ0v) is 56.8. The standard InChI is InChI=1S/C77H148O6/c1-4-7-10-13-16-19-22-25-28-30-32-33-34-35-36-37-38-39-40-41-42-43-44-46-47-49-52-55-58-61-64-67-70-76(79)82-73-74(72-81-75(78)69-66-63-60-57-54-51-27-24-21-18-15-12-9-6-3)83-77(80)71-68-65-62-59-56-53-50-48-45-31-29-26-23-20-17-14-11-8-5-2/h24,27,74H,4-23,25-26,28-73H2,1-3H3/b27-24-. The minimum Gasteiger partial charge on any atom is -0.462 e. The Morgan fingerprint density at radius 1 is 0.229 bits per heavy atom. The van der Waals surface area contributed by atoms with Gasteiger partial charge in [0.05, 0.1) is 0 Å². The summed E-state index contributed by atoms with van der Waals surface area (Å²) in [6.45, 7) is 6.72. The van der Waals surface area contributed by atoms with Crippen LogP contribution in [0.4, 0.5) is 0 Å². The molecule has 0 spiro atoms. The van der Waals surface area contributed by atoms with Gasteiger partial charge in [-0.05, 0) is 44.9 Å². The largest absolute Gasteiger partial charge is 0.462 e. The van der Waals surface area contributed by atoms with Crippen LogP contribution in [0.2, 0.25) is 0 Å². The zero-order valence-electron chi connectivity index (χ0n) is 56.8. The van der Waals surface area contributed by atoms with Crippen LogP contribution in [0.25, 0.3) is 0 Å². The fourth-order valence-electron chi connectivity index (χ4n) is 12.0. The minimum absolute atomic E-state index is 0.0655. The summed E-state index contributed by atoms with van der Waals surface area (Å²) in [5.74, 6) is -0.837. The maximum Gasteiger partial charge on any atom is 0.306 e. The van der Waals surface area contributed by atoms with Gasteiger partial charge in [0.15, 0.2) is 6.10 Å². The summed E-state index contributed by atoms with van der Waals surface area (Å²) >= 11 is 0. The number of rotatable bonds is 72. The third-order valence-electron chi connectivity index (χ3n) is 17.8. The van der Waals surface area contributed by atoms with Gasteiger partial charge in [0.2, 0.25) is 0 Å². The molecular weight excluding hydrogens is 1020 g/mol. The molecule has 0 aromatic carbocycles. The molecule has 0 amide bonds. The van der Waals surface area contributed by atoms with E-state index in [9.17, 15) is 14.4 Å². The van der Waals surface area contributed by atoms with Gasteiger partial charge in [0.25, 0.3) is 0 Å². The first kappa shape index (κ1) is 81.2. The lowest BCUT2D eigenvalue weighted by atomic mass is 10.0. The van der Waals surface area contributed by atoms with E-state index in [1.807, 2.05) is 0 Å². The van der Waals surface area contributed by atoms with Crippen LogP contribution in [0, 0.1) is 0 Å². The summed E-state index contributed by atoms with van der Waals surface area (Å²) < 4.78 is 17.0. The second-order valence-electron chi connectivity index (χ2n) is 26.3. The van der Waals surface area contributed by atoms with Gasteiger partial charge in [-0.1, -0.05) is 392 Å². The molecule has 0 radical (unpaired) electrons. The summed E-state index contributed by atoms with van der Waals surface area (Å²) in [5, 5.41) is 0. The molecule has 6 nitrogen and oxygen atoms in total. The SMILES string of the molecule is CCCCCCC/C=C\CCCCCCCC(=O)OCC(COC(=O)CCCCCCCCCCCCCCCCCCCCCCCCCCCCCCCCCC)OC(=O)CCCCCCCCCCCCCCCCCCCCC. The smallest absolute Gasteiger partial charge is 0.306 e. The Morgan fingerprint density at radius 3 is 0.602 bits per heavy atom. The van der Waals surface area contributed by atoms with E-state index in [1.165, 1.54) is 340 Å². The molecule has 1 atom stereocenters. The van der Waals surface area contributed by atoms with Crippen LogP contribution >= 0.6 is 0 Å². The molecule has 1 unspecified atom stereocenters. The molecular formula is C77H148O6. The van der Waals surface area contributed by atoms with E-state index in [1.54, 1.807) is 0 Å². The first-order valence-electron chi connectivity index (χ1n) is 38.2. The molecule has 0 aliphatic rings. The van der Waals surface area contributed by atoms with Gasteiger partial charge < -0.3 is 14.2 Å². The van der Waals surface area contributed by atoms with Crippen LogP contribution in [0.1, 0.15) is 445 Å². The number of carbonyl (C=O) groups excluding carboxylic acids is 3. The van der Waals surface area contributed by atoms with Crippen LogP contribution in [0.3, 0.4) is 0 Å². The molecule has 0 aliphatic heterocycles. The molecule has 0 saturated carbocycles. The van der Waals surface area contributed by atoms with E-state index in [2.05, 4.69) is 32.9 Å². The fourth-order valence-corrected chi connectivity index (χ4v) is 12.0. The Bertz CT molecular complexity index is 1300. The minimum atomic E-state index is -0.770. The maximum absolute atomic E-state index is 13.0. The van der Waals surface area contributed by atoms with E-state index >= 15 is 0 Å². The van der Waals surface area contributed by atoms with Gasteiger partial charge in [-0.25, -0.2) is 0 Å². The lowest BCUT2D eigenvalue weighted by Gasteiger charge is -2.18. The van der Waals surface area contributed by atoms with Crippen molar-refractivity contribution in [2.75, 3.05) is 13.2 Å². The number of allylic oxidation sites excluding steroid dienone is 2. The van der Waals surface area contributed by atoms with E-state index in [-0.39, 0.29) is 31.1 Å². The summed E-state index contributed by atoms with van der Waals surface area (Å²) in [5.41, 5.74) is 0. The van der Waals surface area contributed by atoms with Crippen molar-refractivity contribution in [1.82, 2.24) is 0 Å². The highest BCUT2D eigenvalue weighted by molar-refractivity contribution is 5.71. The number of ether oxygens (including phenoxy) is 3. The molecule has 0 saturated heterocycles. The number of carbonyl (C=O) groups is 3. The lowest BCUT2D eigenvalue weighted by molar-refractivity contribution is -0.167. The van der Waals surface area contributed by atoms with Crippen molar-refractivity contribution in [2.24, 2.45) is 0 Å². The first-order valence-corrected chi connectivity index (χ1v) is 38.2. The van der Waals surface area contributed by atoms with Crippen LogP contribution in [-0.2, 0) is 28.6 Å². The van der Waals surface area contributed by atoms with Gasteiger partial charge in [-0.15, -0.1) is 0 Å².